The number of ether oxygens (including phenoxy) is 1. The molecule has 5 unspecified atom stereocenters. The quantitative estimate of drug-likeness (QED) is 0.527. The number of rotatable bonds is 9. The SMILES string of the molecule is CC(C)B1OC(C(O)CO)C(C(O)COCC(C)B2Oc3ccccc3O2)O1. The van der Waals surface area contributed by atoms with Crippen LogP contribution in [0.15, 0.2) is 24.3 Å². The average molecular weight is 394 g/mol. The molecule has 0 aromatic heterocycles. The number of aliphatic hydroxyl groups is 3. The van der Waals surface area contributed by atoms with E-state index in [0.29, 0.717) is 18.1 Å². The zero-order chi connectivity index (χ0) is 20.3. The Morgan fingerprint density at radius 1 is 0.929 bits per heavy atom. The number of aliphatic hydroxyl groups excluding tert-OH is 3. The highest BCUT2D eigenvalue weighted by Crippen LogP contribution is 2.35. The summed E-state index contributed by atoms with van der Waals surface area (Å²) in [4.78, 5) is 0. The molecule has 10 heteroatoms. The standard InChI is InChI=1S/C18H28B2O8/c1-11(2)19-27-17(13(22)8-21)18(28-19)14(23)10-24-9-12(3)20-25-15-6-4-5-7-16(15)26-20/h4-7,11-14,17-18,21-23H,8-10H2,1-3H3. The second-order valence-corrected chi connectivity index (χ2v) is 7.70. The summed E-state index contributed by atoms with van der Waals surface area (Å²) in [5.41, 5.74) is 0. The minimum absolute atomic E-state index is 0.00248. The van der Waals surface area contributed by atoms with Gasteiger partial charge in [-0.05, 0) is 17.9 Å². The van der Waals surface area contributed by atoms with Gasteiger partial charge in [0.2, 0.25) is 0 Å². The lowest BCUT2D eigenvalue weighted by molar-refractivity contribution is -0.0744. The van der Waals surface area contributed by atoms with Crippen molar-refractivity contribution in [3.05, 3.63) is 24.3 Å². The fourth-order valence-electron chi connectivity index (χ4n) is 3.23. The molecule has 0 radical (unpaired) electrons. The van der Waals surface area contributed by atoms with E-state index in [-0.39, 0.29) is 18.2 Å². The molecule has 8 nitrogen and oxygen atoms in total. The smallest absolute Gasteiger partial charge is 0.523 e. The summed E-state index contributed by atoms with van der Waals surface area (Å²) in [6, 6.07) is 7.46. The second kappa shape index (κ2) is 9.47. The highest BCUT2D eigenvalue weighted by atomic mass is 16.7. The molecule has 3 N–H and O–H groups in total. The number of fused-ring (bicyclic) bond motifs is 1. The van der Waals surface area contributed by atoms with Crippen molar-refractivity contribution in [2.24, 2.45) is 0 Å². The summed E-state index contributed by atoms with van der Waals surface area (Å²) in [5.74, 6) is 1.39. The summed E-state index contributed by atoms with van der Waals surface area (Å²) in [6.45, 7) is 5.60. The molecule has 0 saturated carbocycles. The van der Waals surface area contributed by atoms with E-state index in [4.69, 9.17) is 23.4 Å². The van der Waals surface area contributed by atoms with Gasteiger partial charge in [-0.25, -0.2) is 0 Å². The van der Waals surface area contributed by atoms with Crippen molar-refractivity contribution in [1.29, 1.82) is 0 Å². The summed E-state index contributed by atoms with van der Waals surface area (Å²) in [5, 5.41) is 29.7. The highest BCUT2D eigenvalue weighted by Gasteiger charge is 2.47. The Hall–Kier alpha value is -1.29. The van der Waals surface area contributed by atoms with Crippen molar-refractivity contribution in [3.63, 3.8) is 0 Å². The van der Waals surface area contributed by atoms with E-state index in [9.17, 15) is 15.3 Å². The van der Waals surface area contributed by atoms with E-state index in [1.165, 1.54) is 0 Å². The van der Waals surface area contributed by atoms with Gasteiger partial charge in [-0.3, -0.25) is 0 Å². The fourth-order valence-corrected chi connectivity index (χ4v) is 3.23. The van der Waals surface area contributed by atoms with Crippen LogP contribution >= 0.6 is 0 Å². The molecular formula is C18H28B2O8. The highest BCUT2D eigenvalue weighted by molar-refractivity contribution is 6.49. The normalized spacial score (nSPS) is 24.7. The minimum atomic E-state index is -1.14. The third kappa shape index (κ3) is 4.82. The van der Waals surface area contributed by atoms with Gasteiger partial charge in [-0.2, -0.15) is 0 Å². The van der Waals surface area contributed by atoms with E-state index in [1.54, 1.807) is 0 Å². The van der Waals surface area contributed by atoms with Gasteiger partial charge in [0.05, 0.1) is 32.0 Å². The minimum Gasteiger partial charge on any atom is -0.523 e. The van der Waals surface area contributed by atoms with Gasteiger partial charge in [0.15, 0.2) is 0 Å². The molecule has 1 saturated heterocycles. The van der Waals surface area contributed by atoms with Crippen LogP contribution in [0.3, 0.4) is 0 Å². The number of para-hydroxylation sites is 2. The first kappa shape index (κ1) is 21.4. The molecule has 28 heavy (non-hydrogen) atoms. The molecule has 2 aliphatic heterocycles. The van der Waals surface area contributed by atoms with Crippen molar-refractivity contribution in [2.45, 2.75) is 56.8 Å². The van der Waals surface area contributed by atoms with E-state index < -0.39 is 45.3 Å². The first-order valence-electron chi connectivity index (χ1n) is 9.68. The van der Waals surface area contributed by atoms with E-state index in [2.05, 4.69) is 0 Å². The van der Waals surface area contributed by atoms with Crippen LogP contribution in [0, 0.1) is 0 Å². The van der Waals surface area contributed by atoms with Crippen LogP contribution in [0.1, 0.15) is 20.8 Å². The summed E-state index contributed by atoms with van der Waals surface area (Å²) < 4.78 is 28.6. The van der Waals surface area contributed by atoms with Crippen molar-refractivity contribution in [3.8, 4) is 11.5 Å². The molecule has 1 fully saturated rings. The molecule has 154 valence electrons. The summed E-state index contributed by atoms with van der Waals surface area (Å²) in [6.07, 6.45) is -3.75. The zero-order valence-corrected chi connectivity index (χ0v) is 16.4. The molecule has 0 aliphatic carbocycles. The molecule has 0 amide bonds. The van der Waals surface area contributed by atoms with Crippen molar-refractivity contribution in [2.75, 3.05) is 19.8 Å². The second-order valence-electron chi connectivity index (χ2n) is 7.70. The maximum atomic E-state index is 10.5. The van der Waals surface area contributed by atoms with Crippen molar-refractivity contribution in [1.82, 2.24) is 0 Å². The Balaban J connectivity index is 1.47. The predicted molar refractivity (Wildman–Crippen MR) is 103 cm³/mol. The zero-order valence-electron chi connectivity index (χ0n) is 16.4. The predicted octanol–water partition coefficient (Wildman–Crippen LogP) is 0.749. The summed E-state index contributed by atoms with van der Waals surface area (Å²) >= 11 is 0. The maximum absolute atomic E-state index is 10.5. The molecule has 2 heterocycles. The van der Waals surface area contributed by atoms with Gasteiger partial charge in [-0.1, -0.05) is 32.9 Å². The van der Waals surface area contributed by atoms with Crippen LogP contribution in [0.5, 0.6) is 11.5 Å². The Labute approximate surface area is 166 Å². The first-order valence-corrected chi connectivity index (χ1v) is 9.68. The number of hydrogen-bond donors (Lipinski definition) is 3. The van der Waals surface area contributed by atoms with Crippen LogP contribution in [-0.4, -0.2) is 73.8 Å². The maximum Gasteiger partial charge on any atom is 0.600 e. The Morgan fingerprint density at radius 2 is 1.50 bits per heavy atom. The van der Waals surface area contributed by atoms with Crippen LogP contribution in [0.4, 0.5) is 0 Å². The van der Waals surface area contributed by atoms with Gasteiger partial charge in [0, 0.05) is 5.82 Å². The third-order valence-electron chi connectivity index (χ3n) is 4.87. The molecule has 2 aliphatic rings. The van der Waals surface area contributed by atoms with Gasteiger partial charge < -0.3 is 38.7 Å². The first-order chi connectivity index (χ1) is 13.4. The third-order valence-corrected chi connectivity index (χ3v) is 4.87. The Morgan fingerprint density at radius 3 is 2.04 bits per heavy atom. The Bertz CT molecular complexity index is 608. The van der Waals surface area contributed by atoms with Crippen LogP contribution in [0.25, 0.3) is 0 Å². The van der Waals surface area contributed by atoms with Crippen LogP contribution in [0.2, 0.25) is 11.6 Å². The fraction of sp³-hybridized carbons (Fsp3) is 0.667. The molecule has 5 atom stereocenters. The van der Waals surface area contributed by atoms with E-state index >= 15 is 0 Å². The van der Waals surface area contributed by atoms with Crippen molar-refractivity contribution >= 4 is 14.2 Å². The van der Waals surface area contributed by atoms with Gasteiger partial charge in [-0.15, -0.1) is 0 Å². The molecular weight excluding hydrogens is 366 g/mol. The molecule has 0 bridgehead atoms. The topological polar surface area (TPSA) is 107 Å². The lowest BCUT2D eigenvalue weighted by atomic mass is 9.74. The average Bonchev–Trinajstić information content (AvgIpc) is 3.31. The van der Waals surface area contributed by atoms with E-state index in [0.717, 1.165) is 0 Å². The molecule has 0 spiro atoms. The Kier molecular flexibility index (Phi) is 7.25. The van der Waals surface area contributed by atoms with Gasteiger partial charge in [0.25, 0.3) is 0 Å². The number of hydrogen-bond acceptors (Lipinski definition) is 8. The van der Waals surface area contributed by atoms with Crippen molar-refractivity contribution < 1.29 is 38.7 Å². The molecule has 1 aromatic rings. The van der Waals surface area contributed by atoms with Crippen LogP contribution < -0.4 is 9.31 Å². The lowest BCUT2D eigenvalue weighted by Gasteiger charge is -2.26. The lowest BCUT2D eigenvalue weighted by Crippen LogP contribution is -2.45. The monoisotopic (exact) mass is 394 g/mol. The summed E-state index contributed by atoms with van der Waals surface area (Å²) in [7, 11) is -1.00. The molecule has 1 aromatic carbocycles. The van der Waals surface area contributed by atoms with E-state index in [1.807, 2.05) is 45.0 Å². The number of benzene rings is 1. The van der Waals surface area contributed by atoms with Crippen LogP contribution in [-0.2, 0) is 14.0 Å². The molecule has 3 rings (SSSR count). The van der Waals surface area contributed by atoms with Gasteiger partial charge in [0.1, 0.15) is 23.7 Å². The van der Waals surface area contributed by atoms with Gasteiger partial charge >= 0.3 is 14.2 Å². The largest absolute Gasteiger partial charge is 0.600 e.